The number of carbonyl (C=O) groups is 1. The summed E-state index contributed by atoms with van der Waals surface area (Å²) in [6, 6.07) is 6.09. The van der Waals surface area contributed by atoms with Gasteiger partial charge in [0, 0.05) is 34.2 Å². The van der Waals surface area contributed by atoms with Gasteiger partial charge in [-0.1, -0.05) is 6.07 Å². The fraction of sp³-hybridized carbons (Fsp3) is 0.611. The van der Waals surface area contributed by atoms with Crippen molar-refractivity contribution in [2.75, 3.05) is 39.1 Å². The zero-order chi connectivity index (χ0) is 19.3. The molecule has 152 valence electrons. The monoisotopic (exact) mass is 490 g/mol. The van der Waals surface area contributed by atoms with Crippen molar-refractivity contribution in [3.05, 3.63) is 23.9 Å². The Labute approximate surface area is 178 Å². The van der Waals surface area contributed by atoms with Crippen molar-refractivity contribution in [2.24, 2.45) is 4.99 Å². The molecule has 0 radical (unpaired) electrons. The van der Waals surface area contributed by atoms with Crippen LogP contribution < -0.4 is 15.5 Å². The van der Waals surface area contributed by atoms with Crippen LogP contribution in [-0.4, -0.2) is 67.8 Å². The van der Waals surface area contributed by atoms with Gasteiger partial charge in [-0.05, 0) is 32.9 Å². The largest absolute Gasteiger partial charge is 0.444 e. The van der Waals surface area contributed by atoms with E-state index in [9.17, 15) is 4.79 Å². The van der Waals surface area contributed by atoms with E-state index < -0.39 is 5.60 Å². The van der Waals surface area contributed by atoms with Crippen LogP contribution in [0.1, 0.15) is 26.5 Å². The van der Waals surface area contributed by atoms with Gasteiger partial charge in [-0.3, -0.25) is 4.99 Å². The standard InChI is InChI=1S/C18H30N6O2.HI/c1-18(2,3)26-17(25)24-11-14(12-24)22-16(19-4)20-10-13-8-7-9-15(21-13)23(5)6;/h7-9,14H,10-12H2,1-6H3,(H2,19,20,22);1H. The molecular weight excluding hydrogens is 459 g/mol. The molecule has 0 saturated carbocycles. The van der Waals surface area contributed by atoms with E-state index in [0.717, 1.165) is 11.5 Å². The summed E-state index contributed by atoms with van der Waals surface area (Å²) in [5, 5.41) is 6.57. The maximum atomic E-state index is 12.0. The minimum Gasteiger partial charge on any atom is -0.444 e. The van der Waals surface area contributed by atoms with Crippen LogP contribution in [0.3, 0.4) is 0 Å². The Morgan fingerprint density at radius 2 is 2.04 bits per heavy atom. The summed E-state index contributed by atoms with van der Waals surface area (Å²) < 4.78 is 5.36. The lowest BCUT2D eigenvalue weighted by Gasteiger charge is -2.40. The molecular formula is C18H31IN6O2. The number of pyridine rings is 1. The molecule has 1 aliphatic rings. The molecule has 0 bridgehead atoms. The quantitative estimate of drug-likeness (QED) is 0.382. The van der Waals surface area contributed by atoms with Gasteiger partial charge in [0.2, 0.25) is 0 Å². The summed E-state index contributed by atoms with van der Waals surface area (Å²) >= 11 is 0. The normalized spacial score (nSPS) is 14.7. The molecule has 2 N–H and O–H groups in total. The zero-order valence-electron chi connectivity index (χ0n) is 16.9. The van der Waals surface area contributed by atoms with Crippen LogP contribution in [0.25, 0.3) is 0 Å². The van der Waals surface area contributed by atoms with Crippen molar-refractivity contribution in [3.63, 3.8) is 0 Å². The van der Waals surface area contributed by atoms with E-state index >= 15 is 0 Å². The van der Waals surface area contributed by atoms with Crippen LogP contribution in [0.15, 0.2) is 23.2 Å². The Morgan fingerprint density at radius 3 is 2.59 bits per heavy atom. The number of carbonyl (C=O) groups excluding carboxylic acids is 1. The van der Waals surface area contributed by atoms with E-state index in [-0.39, 0.29) is 36.1 Å². The summed E-state index contributed by atoms with van der Waals surface area (Å²) in [6.07, 6.45) is -0.275. The molecule has 27 heavy (non-hydrogen) atoms. The lowest BCUT2D eigenvalue weighted by atomic mass is 10.1. The SMILES string of the molecule is CN=C(NCc1cccc(N(C)C)n1)NC1CN(C(=O)OC(C)(C)C)C1.I. The molecule has 2 rings (SSSR count). The number of nitrogens with one attached hydrogen (secondary N) is 2. The van der Waals surface area contributed by atoms with Gasteiger partial charge in [-0.25, -0.2) is 9.78 Å². The number of guanidine groups is 1. The van der Waals surface area contributed by atoms with E-state index in [0.29, 0.717) is 25.6 Å². The van der Waals surface area contributed by atoms with Gasteiger partial charge >= 0.3 is 6.09 Å². The van der Waals surface area contributed by atoms with Crippen molar-refractivity contribution in [1.82, 2.24) is 20.5 Å². The Hall–Kier alpha value is -1.78. The van der Waals surface area contributed by atoms with Crippen LogP contribution in [0.2, 0.25) is 0 Å². The molecule has 0 spiro atoms. The topological polar surface area (TPSA) is 82.1 Å². The van der Waals surface area contributed by atoms with E-state index in [1.54, 1.807) is 11.9 Å². The van der Waals surface area contributed by atoms with Crippen molar-refractivity contribution in [3.8, 4) is 0 Å². The Balaban J connectivity index is 0.00000364. The number of hydrogen-bond donors (Lipinski definition) is 2. The van der Waals surface area contributed by atoms with Gasteiger partial charge in [-0.15, -0.1) is 24.0 Å². The fourth-order valence-corrected chi connectivity index (χ4v) is 2.42. The number of anilines is 1. The third-order valence-electron chi connectivity index (χ3n) is 3.78. The smallest absolute Gasteiger partial charge is 0.410 e. The molecule has 0 aliphatic carbocycles. The minimum atomic E-state index is -0.471. The van der Waals surface area contributed by atoms with Gasteiger partial charge in [0.15, 0.2) is 5.96 Å². The Bertz CT molecular complexity index is 653. The Morgan fingerprint density at radius 1 is 1.37 bits per heavy atom. The van der Waals surface area contributed by atoms with Crippen molar-refractivity contribution >= 4 is 41.8 Å². The molecule has 9 heteroatoms. The molecule has 1 aromatic rings. The summed E-state index contributed by atoms with van der Waals surface area (Å²) in [5.74, 6) is 1.61. The maximum Gasteiger partial charge on any atom is 0.410 e. The Kier molecular flexibility index (Phi) is 8.58. The number of amides is 1. The average molecular weight is 490 g/mol. The highest BCUT2D eigenvalue weighted by Crippen LogP contribution is 2.15. The maximum absolute atomic E-state index is 12.0. The number of nitrogens with zero attached hydrogens (tertiary/aromatic N) is 4. The van der Waals surface area contributed by atoms with E-state index in [2.05, 4.69) is 20.6 Å². The van der Waals surface area contributed by atoms with E-state index in [1.807, 2.05) is 58.0 Å². The summed E-state index contributed by atoms with van der Waals surface area (Å²) in [6.45, 7) is 7.38. The van der Waals surface area contributed by atoms with Gasteiger partial charge in [0.1, 0.15) is 11.4 Å². The van der Waals surface area contributed by atoms with Crippen molar-refractivity contribution in [2.45, 2.75) is 39.0 Å². The number of aliphatic imine (C=N–C) groups is 1. The predicted octanol–water partition coefficient (Wildman–Crippen LogP) is 2.05. The second kappa shape index (κ2) is 9.95. The molecule has 2 heterocycles. The first-order chi connectivity index (χ1) is 12.2. The molecule has 1 aliphatic heterocycles. The summed E-state index contributed by atoms with van der Waals surface area (Å²) in [5.41, 5.74) is 0.463. The number of likely N-dealkylation sites (tertiary alicyclic amines) is 1. The molecule has 0 atom stereocenters. The van der Waals surface area contributed by atoms with E-state index in [4.69, 9.17) is 4.74 Å². The van der Waals surface area contributed by atoms with E-state index in [1.165, 1.54) is 0 Å². The van der Waals surface area contributed by atoms with Crippen molar-refractivity contribution < 1.29 is 9.53 Å². The van der Waals surface area contributed by atoms with Crippen LogP contribution in [-0.2, 0) is 11.3 Å². The highest BCUT2D eigenvalue weighted by atomic mass is 127. The fourth-order valence-electron chi connectivity index (χ4n) is 2.42. The van der Waals surface area contributed by atoms with Crippen molar-refractivity contribution in [1.29, 1.82) is 0 Å². The number of halogens is 1. The third kappa shape index (κ3) is 7.39. The molecule has 1 saturated heterocycles. The average Bonchev–Trinajstić information content (AvgIpc) is 2.51. The molecule has 0 unspecified atom stereocenters. The van der Waals surface area contributed by atoms with Gasteiger partial charge in [-0.2, -0.15) is 0 Å². The minimum absolute atomic E-state index is 0. The predicted molar refractivity (Wildman–Crippen MR) is 119 cm³/mol. The molecule has 1 fully saturated rings. The summed E-state index contributed by atoms with van der Waals surface area (Å²) in [4.78, 5) is 24.4. The number of aromatic nitrogens is 1. The highest BCUT2D eigenvalue weighted by molar-refractivity contribution is 14.0. The second-order valence-corrected chi connectivity index (χ2v) is 7.53. The molecule has 8 nitrogen and oxygen atoms in total. The first-order valence-corrected chi connectivity index (χ1v) is 8.76. The van der Waals surface area contributed by atoms with Crippen LogP contribution in [0.4, 0.5) is 10.6 Å². The number of ether oxygens (including phenoxy) is 1. The van der Waals surface area contributed by atoms with Crippen LogP contribution in [0.5, 0.6) is 0 Å². The molecule has 1 amide bonds. The number of rotatable bonds is 4. The van der Waals surface area contributed by atoms with Crippen LogP contribution in [0, 0.1) is 0 Å². The van der Waals surface area contributed by atoms with Gasteiger partial charge in [0.25, 0.3) is 0 Å². The lowest BCUT2D eigenvalue weighted by Crippen LogP contribution is -2.63. The molecule has 0 aromatic carbocycles. The number of hydrogen-bond acceptors (Lipinski definition) is 5. The third-order valence-corrected chi connectivity index (χ3v) is 3.78. The van der Waals surface area contributed by atoms with Gasteiger partial charge < -0.3 is 25.2 Å². The lowest BCUT2D eigenvalue weighted by molar-refractivity contribution is 0.00701. The van der Waals surface area contributed by atoms with Crippen LogP contribution >= 0.6 is 24.0 Å². The van der Waals surface area contributed by atoms with Gasteiger partial charge in [0.05, 0.1) is 18.3 Å². The summed E-state index contributed by atoms with van der Waals surface area (Å²) in [7, 11) is 5.66. The zero-order valence-corrected chi connectivity index (χ0v) is 19.3. The highest BCUT2D eigenvalue weighted by Gasteiger charge is 2.34. The first kappa shape index (κ1) is 23.3. The first-order valence-electron chi connectivity index (χ1n) is 8.76. The molecule has 1 aromatic heterocycles. The second-order valence-electron chi connectivity index (χ2n) is 7.53.